The predicted octanol–water partition coefficient (Wildman–Crippen LogP) is 4.00. The van der Waals surface area contributed by atoms with Gasteiger partial charge >= 0.3 is 5.97 Å². The van der Waals surface area contributed by atoms with Crippen LogP contribution in [0, 0.1) is 0 Å². The summed E-state index contributed by atoms with van der Waals surface area (Å²) in [6, 6.07) is 4.72. The highest BCUT2D eigenvalue weighted by atomic mass is 35.5. The van der Waals surface area contributed by atoms with Gasteiger partial charge in [-0.15, -0.1) is 0 Å². The number of rotatable bonds is 11. The summed E-state index contributed by atoms with van der Waals surface area (Å²) in [5.74, 6) is -0.192. The maximum absolute atomic E-state index is 11.6. The van der Waals surface area contributed by atoms with Gasteiger partial charge in [0, 0.05) is 11.4 Å². The second-order valence-electron chi connectivity index (χ2n) is 5.24. The van der Waals surface area contributed by atoms with E-state index >= 15 is 0 Å². The third kappa shape index (κ3) is 8.99. The molecule has 0 unspecified atom stereocenters. The monoisotopic (exact) mass is 375 g/mol. The number of amides is 1. The average Bonchev–Trinajstić information content (AvgIpc) is 2.55. The van der Waals surface area contributed by atoms with E-state index in [0.717, 1.165) is 25.7 Å². The molecular formula is C17H23Cl2NO4. The van der Waals surface area contributed by atoms with Crippen molar-refractivity contribution in [3.05, 3.63) is 28.2 Å². The molecule has 0 saturated carbocycles. The summed E-state index contributed by atoms with van der Waals surface area (Å²) >= 11 is 11.7. The van der Waals surface area contributed by atoms with E-state index in [1.54, 1.807) is 12.1 Å². The highest BCUT2D eigenvalue weighted by Gasteiger charge is 2.08. The molecule has 0 atom stereocenters. The molecule has 134 valence electrons. The highest BCUT2D eigenvalue weighted by Crippen LogP contribution is 2.27. The topological polar surface area (TPSA) is 64.6 Å². The number of carbonyl (C=O) groups is 2. The number of nitrogens with one attached hydrogen (secondary N) is 1. The van der Waals surface area contributed by atoms with Crippen LogP contribution in [0.4, 0.5) is 0 Å². The number of ether oxygens (including phenoxy) is 2. The Morgan fingerprint density at radius 2 is 1.96 bits per heavy atom. The Bertz CT molecular complexity index is 537. The number of unbranched alkanes of at least 4 members (excludes halogenated alkanes) is 3. The fourth-order valence-electron chi connectivity index (χ4n) is 1.93. The number of halogens is 2. The van der Waals surface area contributed by atoms with Crippen molar-refractivity contribution in [1.29, 1.82) is 0 Å². The second kappa shape index (κ2) is 12.0. The molecule has 1 N–H and O–H groups in total. The average molecular weight is 376 g/mol. The van der Waals surface area contributed by atoms with Crippen molar-refractivity contribution in [1.82, 2.24) is 5.32 Å². The van der Waals surface area contributed by atoms with Gasteiger partial charge < -0.3 is 14.8 Å². The minimum absolute atomic E-state index is 0.0219. The zero-order valence-corrected chi connectivity index (χ0v) is 15.3. The van der Waals surface area contributed by atoms with E-state index in [1.807, 2.05) is 0 Å². The Labute approximate surface area is 152 Å². The van der Waals surface area contributed by atoms with Crippen molar-refractivity contribution in [3.63, 3.8) is 0 Å². The van der Waals surface area contributed by atoms with Gasteiger partial charge in [-0.2, -0.15) is 0 Å². The molecule has 0 aliphatic carbocycles. The van der Waals surface area contributed by atoms with Gasteiger partial charge in [0.2, 0.25) is 5.91 Å². The molecule has 0 spiro atoms. The SMILES string of the molecule is CCCCCCC(=O)NCCOC(=O)COc1ccc(Cl)cc1Cl. The molecule has 0 bridgehead atoms. The predicted molar refractivity (Wildman–Crippen MR) is 94.7 cm³/mol. The summed E-state index contributed by atoms with van der Waals surface area (Å²) in [6.07, 6.45) is 4.73. The zero-order valence-electron chi connectivity index (χ0n) is 13.8. The molecule has 0 fully saturated rings. The van der Waals surface area contributed by atoms with Crippen LogP contribution in [0.1, 0.15) is 39.0 Å². The van der Waals surface area contributed by atoms with E-state index in [0.29, 0.717) is 28.8 Å². The first-order chi connectivity index (χ1) is 11.5. The molecule has 0 radical (unpaired) electrons. The number of esters is 1. The van der Waals surface area contributed by atoms with Gasteiger partial charge in [0.15, 0.2) is 6.61 Å². The molecule has 0 aliphatic heterocycles. The number of benzene rings is 1. The van der Waals surface area contributed by atoms with E-state index in [1.165, 1.54) is 6.07 Å². The van der Waals surface area contributed by atoms with E-state index in [-0.39, 0.29) is 19.1 Å². The Morgan fingerprint density at radius 3 is 2.67 bits per heavy atom. The molecule has 1 aromatic carbocycles. The van der Waals surface area contributed by atoms with E-state index in [9.17, 15) is 9.59 Å². The quantitative estimate of drug-likeness (QED) is 0.468. The first kappa shape index (κ1) is 20.6. The standard InChI is InChI=1S/C17H23Cl2NO4/c1-2-3-4-5-6-16(21)20-9-10-23-17(22)12-24-15-8-7-13(18)11-14(15)19/h7-8,11H,2-6,9-10,12H2,1H3,(H,20,21). The number of hydrogen-bond donors (Lipinski definition) is 1. The molecule has 1 rings (SSSR count). The van der Waals surface area contributed by atoms with Crippen molar-refractivity contribution in [2.45, 2.75) is 39.0 Å². The number of hydrogen-bond acceptors (Lipinski definition) is 4. The first-order valence-corrected chi connectivity index (χ1v) is 8.78. The minimum atomic E-state index is -0.529. The summed E-state index contributed by atoms with van der Waals surface area (Å²) < 4.78 is 10.2. The lowest BCUT2D eigenvalue weighted by Crippen LogP contribution is -2.28. The van der Waals surface area contributed by atoms with Crippen LogP contribution in [0.15, 0.2) is 18.2 Å². The van der Waals surface area contributed by atoms with Crippen LogP contribution >= 0.6 is 23.2 Å². The summed E-state index contributed by atoms with van der Waals surface area (Å²) in [4.78, 5) is 23.1. The molecule has 5 nitrogen and oxygen atoms in total. The smallest absolute Gasteiger partial charge is 0.344 e. The van der Waals surface area contributed by atoms with Gasteiger partial charge in [0.25, 0.3) is 0 Å². The van der Waals surface area contributed by atoms with Gasteiger partial charge in [-0.05, 0) is 24.6 Å². The van der Waals surface area contributed by atoms with Crippen LogP contribution < -0.4 is 10.1 Å². The lowest BCUT2D eigenvalue weighted by atomic mass is 10.1. The van der Waals surface area contributed by atoms with Gasteiger partial charge in [0.1, 0.15) is 12.4 Å². The molecule has 7 heteroatoms. The molecule has 0 saturated heterocycles. The molecule has 0 heterocycles. The molecule has 1 amide bonds. The summed E-state index contributed by atoms with van der Waals surface area (Å²) in [5, 5.41) is 3.52. The first-order valence-electron chi connectivity index (χ1n) is 8.03. The highest BCUT2D eigenvalue weighted by molar-refractivity contribution is 6.35. The second-order valence-corrected chi connectivity index (χ2v) is 6.09. The maximum Gasteiger partial charge on any atom is 0.344 e. The lowest BCUT2D eigenvalue weighted by Gasteiger charge is -2.09. The van der Waals surface area contributed by atoms with Gasteiger partial charge in [-0.25, -0.2) is 4.79 Å². The van der Waals surface area contributed by atoms with Crippen LogP contribution in [0.25, 0.3) is 0 Å². The third-order valence-electron chi connectivity index (χ3n) is 3.18. The van der Waals surface area contributed by atoms with Crippen molar-refractivity contribution >= 4 is 35.1 Å². The van der Waals surface area contributed by atoms with Crippen LogP contribution in [0.3, 0.4) is 0 Å². The van der Waals surface area contributed by atoms with Gasteiger partial charge in [0.05, 0.1) is 11.6 Å². The van der Waals surface area contributed by atoms with Gasteiger partial charge in [-0.3, -0.25) is 4.79 Å². The molecule has 0 aromatic heterocycles. The van der Waals surface area contributed by atoms with Crippen LogP contribution in [-0.2, 0) is 14.3 Å². The Morgan fingerprint density at radius 1 is 1.17 bits per heavy atom. The van der Waals surface area contributed by atoms with E-state index in [4.69, 9.17) is 32.7 Å². The van der Waals surface area contributed by atoms with Crippen LogP contribution in [-0.4, -0.2) is 31.6 Å². The van der Waals surface area contributed by atoms with Crippen molar-refractivity contribution in [3.8, 4) is 5.75 Å². The minimum Gasteiger partial charge on any atom is -0.480 e. The molecular weight excluding hydrogens is 353 g/mol. The fourth-order valence-corrected chi connectivity index (χ4v) is 2.39. The van der Waals surface area contributed by atoms with Crippen LogP contribution in [0.2, 0.25) is 10.0 Å². The molecule has 24 heavy (non-hydrogen) atoms. The lowest BCUT2D eigenvalue weighted by molar-refractivity contribution is -0.146. The van der Waals surface area contributed by atoms with Crippen molar-refractivity contribution in [2.24, 2.45) is 0 Å². The van der Waals surface area contributed by atoms with E-state index in [2.05, 4.69) is 12.2 Å². The Kier molecular flexibility index (Phi) is 10.3. The van der Waals surface area contributed by atoms with Crippen LogP contribution in [0.5, 0.6) is 5.75 Å². The van der Waals surface area contributed by atoms with Gasteiger partial charge in [-0.1, -0.05) is 49.4 Å². The Balaban J connectivity index is 2.10. The maximum atomic E-state index is 11.6. The molecule has 0 aliphatic rings. The van der Waals surface area contributed by atoms with Crippen molar-refractivity contribution in [2.75, 3.05) is 19.8 Å². The molecule has 1 aromatic rings. The fraction of sp³-hybridized carbons (Fsp3) is 0.529. The summed E-state index contributed by atoms with van der Waals surface area (Å²) in [6.45, 7) is 2.27. The Hall–Kier alpha value is -1.46. The normalized spacial score (nSPS) is 10.3. The number of carbonyl (C=O) groups excluding carboxylic acids is 2. The zero-order chi connectivity index (χ0) is 17.8. The largest absolute Gasteiger partial charge is 0.480 e. The summed E-state index contributed by atoms with van der Waals surface area (Å²) in [7, 11) is 0. The van der Waals surface area contributed by atoms with Crippen molar-refractivity contribution < 1.29 is 19.1 Å². The van der Waals surface area contributed by atoms with E-state index < -0.39 is 5.97 Å². The third-order valence-corrected chi connectivity index (χ3v) is 3.71. The summed E-state index contributed by atoms with van der Waals surface area (Å²) in [5.41, 5.74) is 0.